The van der Waals surface area contributed by atoms with Crippen LogP contribution in [-0.4, -0.2) is 15.9 Å². The van der Waals surface area contributed by atoms with E-state index in [0.717, 1.165) is 34.1 Å². The van der Waals surface area contributed by atoms with Gasteiger partial charge in [-0.3, -0.25) is 4.79 Å². The van der Waals surface area contributed by atoms with Crippen molar-refractivity contribution in [2.75, 3.05) is 0 Å². The predicted octanol–water partition coefficient (Wildman–Crippen LogP) is 4.26. The first-order valence-corrected chi connectivity index (χ1v) is 9.37. The SMILES string of the molecule is Cc1nc([C@@H](C)NC(=O)CCCc2nc3ccccc3s2)cs1. The second-order valence-corrected chi connectivity index (χ2v) is 7.69. The summed E-state index contributed by atoms with van der Waals surface area (Å²) in [6.07, 6.45) is 2.18. The third-order valence-electron chi connectivity index (χ3n) is 3.59. The Kier molecular flexibility index (Phi) is 5.03. The topological polar surface area (TPSA) is 54.9 Å². The highest BCUT2D eigenvalue weighted by Crippen LogP contribution is 2.22. The third kappa shape index (κ3) is 4.14. The number of amides is 1. The van der Waals surface area contributed by atoms with Crippen LogP contribution in [0.3, 0.4) is 0 Å². The van der Waals surface area contributed by atoms with Crippen molar-refractivity contribution in [2.45, 2.75) is 39.2 Å². The van der Waals surface area contributed by atoms with Crippen molar-refractivity contribution in [1.29, 1.82) is 0 Å². The van der Waals surface area contributed by atoms with Gasteiger partial charge < -0.3 is 5.32 Å². The minimum Gasteiger partial charge on any atom is -0.348 e. The van der Waals surface area contributed by atoms with Crippen LogP contribution in [0.2, 0.25) is 0 Å². The van der Waals surface area contributed by atoms with Crippen LogP contribution in [0.5, 0.6) is 0 Å². The number of carbonyl (C=O) groups is 1. The maximum atomic E-state index is 12.0. The highest BCUT2D eigenvalue weighted by molar-refractivity contribution is 7.18. The number of nitrogens with one attached hydrogen (secondary N) is 1. The van der Waals surface area contributed by atoms with Gasteiger partial charge in [0.2, 0.25) is 5.91 Å². The fourth-order valence-corrected chi connectivity index (χ4v) is 4.11. The van der Waals surface area contributed by atoms with Gasteiger partial charge in [-0.25, -0.2) is 9.97 Å². The molecule has 1 atom stereocenters. The van der Waals surface area contributed by atoms with Gasteiger partial charge in [-0.15, -0.1) is 22.7 Å². The van der Waals surface area contributed by atoms with Crippen LogP contribution in [-0.2, 0) is 11.2 Å². The summed E-state index contributed by atoms with van der Waals surface area (Å²) < 4.78 is 1.21. The van der Waals surface area contributed by atoms with Crippen molar-refractivity contribution in [3.8, 4) is 0 Å². The number of rotatable bonds is 6. The summed E-state index contributed by atoms with van der Waals surface area (Å²) in [5.74, 6) is 0.0734. The van der Waals surface area contributed by atoms with E-state index in [1.165, 1.54) is 4.70 Å². The lowest BCUT2D eigenvalue weighted by Crippen LogP contribution is -2.26. The molecule has 1 N–H and O–H groups in total. The van der Waals surface area contributed by atoms with E-state index in [1.54, 1.807) is 22.7 Å². The first-order valence-electron chi connectivity index (χ1n) is 7.67. The molecule has 6 heteroatoms. The molecule has 1 aromatic carbocycles. The van der Waals surface area contributed by atoms with E-state index >= 15 is 0 Å². The van der Waals surface area contributed by atoms with E-state index in [4.69, 9.17) is 0 Å². The van der Waals surface area contributed by atoms with Crippen LogP contribution in [0, 0.1) is 6.92 Å². The zero-order valence-corrected chi connectivity index (χ0v) is 14.8. The zero-order valence-electron chi connectivity index (χ0n) is 13.2. The van der Waals surface area contributed by atoms with E-state index in [2.05, 4.69) is 21.4 Å². The molecule has 0 aliphatic carbocycles. The lowest BCUT2D eigenvalue weighted by atomic mass is 10.2. The van der Waals surface area contributed by atoms with E-state index < -0.39 is 0 Å². The molecule has 0 bridgehead atoms. The molecule has 2 aromatic heterocycles. The fraction of sp³-hybridized carbons (Fsp3) is 0.353. The molecule has 0 aliphatic rings. The number of hydrogen-bond donors (Lipinski definition) is 1. The number of benzene rings is 1. The molecule has 23 heavy (non-hydrogen) atoms. The number of fused-ring (bicyclic) bond motifs is 1. The van der Waals surface area contributed by atoms with Gasteiger partial charge in [-0.05, 0) is 38.8 Å². The number of para-hydroxylation sites is 1. The van der Waals surface area contributed by atoms with Crippen molar-refractivity contribution in [2.24, 2.45) is 0 Å². The number of thiazole rings is 2. The molecular weight excluding hydrogens is 326 g/mol. The largest absolute Gasteiger partial charge is 0.348 e. The van der Waals surface area contributed by atoms with Gasteiger partial charge in [0.25, 0.3) is 0 Å². The van der Waals surface area contributed by atoms with Gasteiger partial charge in [0.1, 0.15) is 0 Å². The Bertz CT molecular complexity index is 776. The Morgan fingerprint density at radius 2 is 2.13 bits per heavy atom. The second kappa shape index (κ2) is 7.19. The number of carbonyl (C=O) groups excluding carboxylic acids is 1. The van der Waals surface area contributed by atoms with Crippen LogP contribution in [0.15, 0.2) is 29.6 Å². The van der Waals surface area contributed by atoms with Crippen molar-refractivity contribution >= 4 is 38.8 Å². The molecule has 0 aliphatic heterocycles. The first-order chi connectivity index (χ1) is 11.1. The molecule has 3 aromatic rings. The number of nitrogens with zero attached hydrogens (tertiary/aromatic N) is 2. The van der Waals surface area contributed by atoms with Crippen LogP contribution in [0.4, 0.5) is 0 Å². The Balaban J connectivity index is 1.47. The molecule has 0 spiro atoms. The summed E-state index contributed by atoms with van der Waals surface area (Å²) in [6.45, 7) is 3.95. The van der Waals surface area contributed by atoms with Crippen LogP contribution in [0.1, 0.15) is 41.5 Å². The summed E-state index contributed by atoms with van der Waals surface area (Å²) in [5, 5.41) is 7.14. The van der Waals surface area contributed by atoms with Crippen LogP contribution < -0.4 is 5.32 Å². The lowest BCUT2D eigenvalue weighted by molar-refractivity contribution is -0.121. The molecule has 4 nitrogen and oxygen atoms in total. The molecule has 2 heterocycles. The molecule has 120 valence electrons. The average Bonchev–Trinajstić information content (AvgIpc) is 3.12. The Morgan fingerprint density at radius 3 is 2.87 bits per heavy atom. The Hall–Kier alpha value is -1.79. The van der Waals surface area contributed by atoms with E-state index in [1.807, 2.05) is 37.4 Å². The van der Waals surface area contributed by atoms with Gasteiger partial charge in [0.05, 0.1) is 32.0 Å². The minimum atomic E-state index is -0.0325. The van der Waals surface area contributed by atoms with Crippen molar-refractivity contribution < 1.29 is 4.79 Å². The van der Waals surface area contributed by atoms with Gasteiger partial charge in [0.15, 0.2) is 0 Å². The molecule has 0 saturated carbocycles. The maximum absolute atomic E-state index is 12.0. The molecule has 0 saturated heterocycles. The molecule has 0 radical (unpaired) electrons. The number of hydrogen-bond acceptors (Lipinski definition) is 5. The quantitative estimate of drug-likeness (QED) is 0.726. The summed E-state index contributed by atoms with van der Waals surface area (Å²) >= 11 is 3.32. The molecule has 0 unspecified atom stereocenters. The standard InChI is InChI=1S/C17H19N3OS2/c1-11(14-10-22-12(2)19-14)18-16(21)8-5-9-17-20-13-6-3-4-7-15(13)23-17/h3-4,6-7,10-11H,5,8-9H2,1-2H3,(H,18,21)/t11-/m1/s1. The lowest BCUT2D eigenvalue weighted by Gasteiger charge is -2.11. The molecular formula is C17H19N3OS2. The minimum absolute atomic E-state index is 0.0325. The van der Waals surface area contributed by atoms with Crippen molar-refractivity contribution in [3.63, 3.8) is 0 Å². The smallest absolute Gasteiger partial charge is 0.220 e. The van der Waals surface area contributed by atoms with E-state index in [-0.39, 0.29) is 11.9 Å². The van der Waals surface area contributed by atoms with Gasteiger partial charge in [-0.1, -0.05) is 12.1 Å². The second-order valence-electron chi connectivity index (χ2n) is 5.51. The Labute approximate surface area is 143 Å². The van der Waals surface area contributed by atoms with Crippen LogP contribution >= 0.6 is 22.7 Å². The Morgan fingerprint density at radius 1 is 1.30 bits per heavy atom. The van der Waals surface area contributed by atoms with Crippen LogP contribution in [0.25, 0.3) is 10.2 Å². The van der Waals surface area contributed by atoms with E-state index in [9.17, 15) is 4.79 Å². The van der Waals surface area contributed by atoms with Crippen molar-refractivity contribution in [3.05, 3.63) is 45.4 Å². The summed E-state index contributed by atoms with van der Waals surface area (Å²) in [7, 11) is 0. The zero-order chi connectivity index (χ0) is 16.2. The maximum Gasteiger partial charge on any atom is 0.220 e. The highest BCUT2D eigenvalue weighted by atomic mass is 32.1. The molecule has 0 fully saturated rings. The van der Waals surface area contributed by atoms with Gasteiger partial charge in [-0.2, -0.15) is 0 Å². The van der Waals surface area contributed by atoms with E-state index in [0.29, 0.717) is 6.42 Å². The summed E-state index contributed by atoms with van der Waals surface area (Å²) in [4.78, 5) is 21.1. The molecule has 3 rings (SSSR count). The van der Waals surface area contributed by atoms with Gasteiger partial charge >= 0.3 is 0 Å². The predicted molar refractivity (Wildman–Crippen MR) is 96.0 cm³/mol. The number of aromatic nitrogens is 2. The fourth-order valence-electron chi connectivity index (χ4n) is 2.39. The molecule has 1 amide bonds. The average molecular weight is 345 g/mol. The normalized spacial score (nSPS) is 12.4. The highest BCUT2D eigenvalue weighted by Gasteiger charge is 2.12. The van der Waals surface area contributed by atoms with Crippen molar-refractivity contribution in [1.82, 2.24) is 15.3 Å². The number of aryl methyl sites for hydroxylation is 2. The summed E-state index contributed by atoms with van der Waals surface area (Å²) in [6, 6.07) is 8.11. The monoisotopic (exact) mass is 345 g/mol. The summed E-state index contributed by atoms with van der Waals surface area (Å²) in [5.41, 5.74) is 1.98. The third-order valence-corrected chi connectivity index (χ3v) is 5.48. The van der Waals surface area contributed by atoms with Gasteiger partial charge in [0, 0.05) is 11.8 Å². The first kappa shape index (κ1) is 16.1.